The second-order valence-electron chi connectivity index (χ2n) is 7.48. The van der Waals surface area contributed by atoms with Gasteiger partial charge in [-0.2, -0.15) is 5.10 Å². The SMILES string of the molecule is COc1cc(OC)c(F)c(COc2cnc(Nc3cc(C)nn3C3CCCCO3)nc2)c1F. The van der Waals surface area contributed by atoms with E-state index in [9.17, 15) is 8.78 Å². The average molecular weight is 461 g/mol. The van der Waals surface area contributed by atoms with E-state index in [1.807, 2.05) is 13.0 Å². The van der Waals surface area contributed by atoms with E-state index in [2.05, 4.69) is 20.4 Å². The lowest BCUT2D eigenvalue weighted by molar-refractivity contribution is -0.0382. The predicted octanol–water partition coefficient (Wildman–Crippen LogP) is 4.30. The van der Waals surface area contributed by atoms with Gasteiger partial charge in [0, 0.05) is 18.7 Å². The minimum absolute atomic E-state index is 0.137. The van der Waals surface area contributed by atoms with Crippen LogP contribution in [0.1, 0.15) is 36.7 Å². The maximum atomic E-state index is 14.5. The van der Waals surface area contributed by atoms with Crippen LogP contribution >= 0.6 is 0 Å². The van der Waals surface area contributed by atoms with Crippen molar-refractivity contribution in [2.75, 3.05) is 26.1 Å². The Bertz CT molecular complexity index is 1070. The third kappa shape index (κ3) is 4.98. The summed E-state index contributed by atoms with van der Waals surface area (Å²) in [5.74, 6) is -0.734. The van der Waals surface area contributed by atoms with Crippen molar-refractivity contribution in [3.8, 4) is 17.2 Å². The fraction of sp³-hybridized carbons (Fsp3) is 0.409. The Morgan fingerprint density at radius 1 is 1.09 bits per heavy atom. The van der Waals surface area contributed by atoms with Gasteiger partial charge in [0.05, 0.1) is 37.9 Å². The van der Waals surface area contributed by atoms with Gasteiger partial charge in [-0.1, -0.05) is 0 Å². The average Bonchev–Trinajstić information content (AvgIpc) is 3.20. The molecule has 1 aromatic carbocycles. The fourth-order valence-electron chi connectivity index (χ4n) is 3.53. The van der Waals surface area contributed by atoms with Gasteiger partial charge < -0.3 is 24.3 Å². The molecule has 0 bridgehead atoms. The Morgan fingerprint density at radius 2 is 1.79 bits per heavy atom. The van der Waals surface area contributed by atoms with Crippen LogP contribution in [0.4, 0.5) is 20.5 Å². The van der Waals surface area contributed by atoms with E-state index in [1.165, 1.54) is 26.6 Å². The number of rotatable bonds is 8. The van der Waals surface area contributed by atoms with E-state index in [0.29, 0.717) is 18.4 Å². The van der Waals surface area contributed by atoms with Crippen LogP contribution in [-0.4, -0.2) is 40.6 Å². The third-order valence-corrected chi connectivity index (χ3v) is 5.20. The molecule has 176 valence electrons. The highest BCUT2D eigenvalue weighted by atomic mass is 19.1. The Morgan fingerprint density at radius 3 is 2.39 bits per heavy atom. The number of hydrogen-bond acceptors (Lipinski definition) is 8. The maximum absolute atomic E-state index is 14.5. The van der Waals surface area contributed by atoms with Gasteiger partial charge in [0.1, 0.15) is 12.4 Å². The van der Waals surface area contributed by atoms with Crippen molar-refractivity contribution in [3.63, 3.8) is 0 Å². The number of benzene rings is 1. The number of nitrogens with one attached hydrogen (secondary N) is 1. The van der Waals surface area contributed by atoms with Gasteiger partial charge in [0.2, 0.25) is 5.95 Å². The van der Waals surface area contributed by atoms with Gasteiger partial charge in [-0.3, -0.25) is 0 Å². The number of halogens is 2. The normalized spacial score (nSPS) is 15.8. The molecule has 0 saturated carbocycles. The molecule has 3 heterocycles. The smallest absolute Gasteiger partial charge is 0.228 e. The van der Waals surface area contributed by atoms with Crippen LogP contribution < -0.4 is 19.5 Å². The topological polar surface area (TPSA) is 92.6 Å². The predicted molar refractivity (Wildman–Crippen MR) is 115 cm³/mol. The summed E-state index contributed by atoms with van der Waals surface area (Å²) < 4.78 is 52.0. The number of ether oxygens (including phenoxy) is 4. The number of hydrogen-bond donors (Lipinski definition) is 1. The van der Waals surface area contributed by atoms with E-state index >= 15 is 0 Å². The molecule has 0 amide bonds. The highest BCUT2D eigenvalue weighted by Gasteiger charge is 2.22. The number of anilines is 2. The van der Waals surface area contributed by atoms with Crippen LogP contribution in [0.2, 0.25) is 0 Å². The summed E-state index contributed by atoms with van der Waals surface area (Å²) in [4.78, 5) is 8.46. The van der Waals surface area contributed by atoms with Crippen molar-refractivity contribution in [1.82, 2.24) is 19.7 Å². The molecular weight excluding hydrogens is 436 g/mol. The lowest BCUT2D eigenvalue weighted by atomic mass is 10.1. The van der Waals surface area contributed by atoms with Crippen molar-refractivity contribution < 1.29 is 27.7 Å². The summed E-state index contributed by atoms with van der Waals surface area (Å²) in [6, 6.07) is 3.02. The van der Waals surface area contributed by atoms with Gasteiger partial charge in [0.15, 0.2) is 35.1 Å². The summed E-state index contributed by atoms with van der Waals surface area (Å²) in [7, 11) is 2.57. The van der Waals surface area contributed by atoms with Gasteiger partial charge in [-0.15, -0.1) is 0 Å². The Labute approximate surface area is 189 Å². The molecule has 1 fully saturated rings. The van der Waals surface area contributed by atoms with E-state index in [1.54, 1.807) is 4.68 Å². The minimum Gasteiger partial charge on any atom is -0.494 e. The summed E-state index contributed by atoms with van der Waals surface area (Å²) >= 11 is 0. The van der Waals surface area contributed by atoms with Gasteiger partial charge in [-0.05, 0) is 26.2 Å². The molecule has 1 aliphatic rings. The minimum atomic E-state index is -0.858. The first-order valence-electron chi connectivity index (χ1n) is 10.5. The zero-order chi connectivity index (χ0) is 23.4. The number of nitrogens with zero attached hydrogens (tertiary/aromatic N) is 4. The monoisotopic (exact) mass is 461 g/mol. The molecule has 3 aromatic rings. The zero-order valence-corrected chi connectivity index (χ0v) is 18.6. The molecule has 1 unspecified atom stereocenters. The van der Waals surface area contributed by atoms with E-state index < -0.39 is 18.2 Å². The number of methoxy groups -OCH3 is 2. The fourth-order valence-corrected chi connectivity index (χ4v) is 3.53. The molecule has 1 aliphatic heterocycles. The number of aryl methyl sites for hydroxylation is 1. The van der Waals surface area contributed by atoms with Gasteiger partial charge >= 0.3 is 0 Å². The molecule has 0 radical (unpaired) electrons. The van der Waals surface area contributed by atoms with Crippen molar-refractivity contribution in [3.05, 3.63) is 47.4 Å². The lowest BCUT2D eigenvalue weighted by Crippen LogP contribution is -2.20. The molecule has 33 heavy (non-hydrogen) atoms. The second kappa shape index (κ2) is 9.99. The Hall–Kier alpha value is -3.47. The van der Waals surface area contributed by atoms with Crippen LogP contribution in [0.3, 0.4) is 0 Å². The standard InChI is InChI=1S/C22H25F2N5O4/c1-13-8-18(29(28-13)19-6-4-5-7-32-19)27-22-25-10-14(11-26-22)33-12-15-20(23)16(30-2)9-17(31-3)21(15)24/h8-11,19H,4-7,12H2,1-3H3,(H,25,26,27). The van der Waals surface area contributed by atoms with Crippen LogP contribution in [0.15, 0.2) is 24.5 Å². The van der Waals surface area contributed by atoms with E-state index in [-0.39, 0.29) is 29.0 Å². The maximum Gasteiger partial charge on any atom is 0.228 e. The molecule has 11 heteroatoms. The molecule has 1 saturated heterocycles. The first-order valence-corrected chi connectivity index (χ1v) is 10.5. The molecule has 1 N–H and O–H groups in total. The van der Waals surface area contributed by atoms with Crippen molar-refractivity contribution in [1.29, 1.82) is 0 Å². The van der Waals surface area contributed by atoms with Crippen molar-refractivity contribution >= 4 is 11.8 Å². The molecule has 1 atom stereocenters. The van der Waals surface area contributed by atoms with Crippen LogP contribution in [0.5, 0.6) is 17.2 Å². The third-order valence-electron chi connectivity index (χ3n) is 5.20. The molecule has 0 aliphatic carbocycles. The highest BCUT2D eigenvalue weighted by Crippen LogP contribution is 2.32. The zero-order valence-electron chi connectivity index (χ0n) is 18.6. The molecule has 9 nitrogen and oxygen atoms in total. The molecule has 2 aromatic heterocycles. The molecule has 0 spiro atoms. The molecule has 4 rings (SSSR count). The molecular formula is C22H25F2N5O4. The highest BCUT2D eigenvalue weighted by molar-refractivity contribution is 5.49. The number of aromatic nitrogens is 4. The van der Waals surface area contributed by atoms with Crippen LogP contribution in [-0.2, 0) is 11.3 Å². The second-order valence-corrected chi connectivity index (χ2v) is 7.48. The van der Waals surface area contributed by atoms with Crippen molar-refractivity contribution in [2.45, 2.75) is 39.0 Å². The van der Waals surface area contributed by atoms with Gasteiger partial charge in [0.25, 0.3) is 0 Å². The van der Waals surface area contributed by atoms with E-state index in [0.717, 1.165) is 31.0 Å². The summed E-state index contributed by atoms with van der Waals surface area (Å²) in [5, 5.41) is 7.64. The lowest BCUT2D eigenvalue weighted by Gasteiger charge is -2.24. The summed E-state index contributed by atoms with van der Waals surface area (Å²) in [5.41, 5.74) is 0.518. The largest absolute Gasteiger partial charge is 0.494 e. The first-order chi connectivity index (χ1) is 16.0. The van der Waals surface area contributed by atoms with Crippen LogP contribution in [0.25, 0.3) is 0 Å². The quantitative estimate of drug-likeness (QED) is 0.531. The summed E-state index contributed by atoms with van der Waals surface area (Å²) in [6.07, 6.45) is 5.68. The Balaban J connectivity index is 1.45. The Kier molecular flexibility index (Phi) is 6.87. The van der Waals surface area contributed by atoms with E-state index in [4.69, 9.17) is 18.9 Å². The van der Waals surface area contributed by atoms with Crippen molar-refractivity contribution in [2.24, 2.45) is 0 Å². The first kappa shape index (κ1) is 22.7. The van der Waals surface area contributed by atoms with Crippen LogP contribution in [0, 0.1) is 18.6 Å². The summed E-state index contributed by atoms with van der Waals surface area (Å²) in [6.45, 7) is 2.20. The van der Waals surface area contributed by atoms with Gasteiger partial charge in [-0.25, -0.2) is 23.4 Å².